The molecule has 0 saturated carbocycles. The SMILES string of the molecule is CCOc1ccc(-n2nnnc2CN2CCN(C(=O)c3ccccc3SC)CC2)cc1. The zero-order chi connectivity index (χ0) is 21.6. The van der Waals surface area contributed by atoms with E-state index in [2.05, 4.69) is 20.4 Å². The van der Waals surface area contributed by atoms with Gasteiger partial charge in [-0.1, -0.05) is 12.1 Å². The molecule has 2 aromatic carbocycles. The molecule has 0 N–H and O–H groups in total. The van der Waals surface area contributed by atoms with Crippen LogP contribution < -0.4 is 4.74 Å². The molecule has 0 aliphatic carbocycles. The molecular formula is C22H26N6O2S. The maximum Gasteiger partial charge on any atom is 0.255 e. The number of nitrogens with zero attached hydrogens (tertiary/aromatic N) is 6. The Balaban J connectivity index is 1.38. The summed E-state index contributed by atoms with van der Waals surface area (Å²) in [5.74, 6) is 1.70. The molecule has 0 radical (unpaired) electrons. The van der Waals surface area contributed by atoms with E-state index in [0.717, 1.165) is 40.8 Å². The summed E-state index contributed by atoms with van der Waals surface area (Å²) in [6.45, 7) is 6.16. The standard InChI is InChI=1S/C22H26N6O2S/c1-3-30-18-10-8-17(9-11-18)28-21(23-24-25-28)16-26-12-14-27(15-13-26)22(29)19-6-4-5-7-20(19)31-2/h4-11H,3,12-16H2,1-2H3. The van der Waals surface area contributed by atoms with Crippen LogP contribution in [0.1, 0.15) is 23.1 Å². The summed E-state index contributed by atoms with van der Waals surface area (Å²) in [4.78, 5) is 18.2. The first-order chi connectivity index (χ1) is 15.2. The number of hydrogen-bond donors (Lipinski definition) is 0. The van der Waals surface area contributed by atoms with Crippen LogP contribution in [-0.4, -0.2) is 75.0 Å². The van der Waals surface area contributed by atoms with Gasteiger partial charge in [0, 0.05) is 31.1 Å². The van der Waals surface area contributed by atoms with Crippen molar-refractivity contribution in [2.24, 2.45) is 0 Å². The number of amides is 1. The first-order valence-electron chi connectivity index (χ1n) is 10.3. The molecule has 1 fully saturated rings. The fourth-order valence-electron chi connectivity index (χ4n) is 3.66. The second-order valence-electron chi connectivity index (χ2n) is 7.20. The number of carbonyl (C=O) groups excluding carboxylic acids is 1. The first kappa shape index (κ1) is 21.3. The highest BCUT2D eigenvalue weighted by Crippen LogP contribution is 2.22. The molecule has 9 heteroatoms. The zero-order valence-electron chi connectivity index (χ0n) is 17.8. The third kappa shape index (κ3) is 4.88. The molecule has 0 unspecified atom stereocenters. The van der Waals surface area contributed by atoms with E-state index in [-0.39, 0.29) is 5.91 Å². The fraction of sp³-hybridized carbons (Fsp3) is 0.364. The number of aromatic nitrogens is 4. The number of rotatable bonds is 7. The van der Waals surface area contributed by atoms with E-state index < -0.39 is 0 Å². The second-order valence-corrected chi connectivity index (χ2v) is 8.05. The van der Waals surface area contributed by atoms with Gasteiger partial charge in [-0.05, 0) is 60.0 Å². The quantitative estimate of drug-likeness (QED) is 0.525. The van der Waals surface area contributed by atoms with E-state index in [1.165, 1.54) is 0 Å². The van der Waals surface area contributed by atoms with Crippen molar-refractivity contribution in [1.29, 1.82) is 0 Å². The van der Waals surface area contributed by atoms with Gasteiger partial charge in [-0.2, -0.15) is 4.68 Å². The van der Waals surface area contributed by atoms with E-state index in [0.29, 0.717) is 26.2 Å². The lowest BCUT2D eigenvalue weighted by molar-refractivity contribution is 0.0621. The summed E-state index contributed by atoms with van der Waals surface area (Å²) in [5, 5.41) is 12.2. The van der Waals surface area contributed by atoms with Crippen LogP contribution in [0.2, 0.25) is 0 Å². The monoisotopic (exact) mass is 438 g/mol. The summed E-state index contributed by atoms with van der Waals surface area (Å²) < 4.78 is 7.26. The van der Waals surface area contributed by atoms with Gasteiger partial charge in [-0.3, -0.25) is 9.69 Å². The van der Waals surface area contributed by atoms with Crippen molar-refractivity contribution in [3.8, 4) is 11.4 Å². The van der Waals surface area contributed by atoms with E-state index in [1.54, 1.807) is 16.4 Å². The van der Waals surface area contributed by atoms with Crippen LogP contribution in [0.5, 0.6) is 5.75 Å². The fourth-order valence-corrected chi connectivity index (χ4v) is 4.25. The minimum Gasteiger partial charge on any atom is -0.494 e. The van der Waals surface area contributed by atoms with Crippen molar-refractivity contribution >= 4 is 17.7 Å². The highest BCUT2D eigenvalue weighted by molar-refractivity contribution is 7.98. The average molecular weight is 439 g/mol. The Morgan fingerprint density at radius 3 is 2.52 bits per heavy atom. The number of tetrazole rings is 1. The van der Waals surface area contributed by atoms with E-state index >= 15 is 0 Å². The molecule has 1 aliphatic heterocycles. The molecule has 8 nitrogen and oxygen atoms in total. The third-order valence-corrected chi connectivity index (χ3v) is 6.08. The highest BCUT2D eigenvalue weighted by Gasteiger charge is 2.24. The number of thioether (sulfide) groups is 1. The van der Waals surface area contributed by atoms with E-state index in [1.807, 2.05) is 66.6 Å². The van der Waals surface area contributed by atoms with Crippen LogP contribution in [0.25, 0.3) is 5.69 Å². The molecule has 1 aromatic heterocycles. The van der Waals surface area contributed by atoms with Crippen LogP contribution in [-0.2, 0) is 6.54 Å². The molecule has 0 spiro atoms. The molecular weight excluding hydrogens is 412 g/mol. The van der Waals surface area contributed by atoms with E-state index in [9.17, 15) is 4.79 Å². The Labute approximate surface area is 186 Å². The topological polar surface area (TPSA) is 76.4 Å². The lowest BCUT2D eigenvalue weighted by atomic mass is 10.2. The average Bonchev–Trinajstić information content (AvgIpc) is 3.28. The Hall–Kier alpha value is -2.91. The van der Waals surface area contributed by atoms with Gasteiger partial charge in [0.2, 0.25) is 0 Å². The number of piperazine rings is 1. The van der Waals surface area contributed by atoms with Gasteiger partial charge in [-0.25, -0.2) is 0 Å². The Bertz CT molecular complexity index is 1010. The maximum atomic E-state index is 13.0. The lowest BCUT2D eigenvalue weighted by Crippen LogP contribution is -2.48. The number of ether oxygens (including phenoxy) is 1. The van der Waals surface area contributed by atoms with Gasteiger partial charge in [0.05, 0.1) is 24.4 Å². The molecule has 162 valence electrons. The van der Waals surface area contributed by atoms with E-state index in [4.69, 9.17) is 4.74 Å². The van der Waals surface area contributed by atoms with Gasteiger partial charge in [0.1, 0.15) is 5.75 Å². The van der Waals surface area contributed by atoms with Crippen LogP contribution in [0.4, 0.5) is 0 Å². The minimum atomic E-state index is 0.101. The van der Waals surface area contributed by atoms with Crippen LogP contribution in [0, 0.1) is 0 Å². The van der Waals surface area contributed by atoms with Gasteiger partial charge in [0.15, 0.2) is 5.82 Å². The van der Waals surface area contributed by atoms with Gasteiger partial charge in [0.25, 0.3) is 5.91 Å². The predicted molar refractivity (Wildman–Crippen MR) is 120 cm³/mol. The van der Waals surface area contributed by atoms with Crippen molar-refractivity contribution in [3.63, 3.8) is 0 Å². The zero-order valence-corrected chi connectivity index (χ0v) is 18.6. The number of carbonyl (C=O) groups is 1. The van der Waals surface area contributed by atoms with Crippen molar-refractivity contribution < 1.29 is 9.53 Å². The van der Waals surface area contributed by atoms with Gasteiger partial charge in [-0.15, -0.1) is 16.9 Å². The minimum absolute atomic E-state index is 0.101. The Morgan fingerprint density at radius 1 is 1.06 bits per heavy atom. The predicted octanol–water partition coefficient (Wildman–Crippen LogP) is 2.74. The van der Waals surface area contributed by atoms with Crippen molar-refractivity contribution in [2.75, 3.05) is 39.0 Å². The molecule has 0 bridgehead atoms. The van der Waals surface area contributed by atoms with Crippen molar-refractivity contribution in [2.45, 2.75) is 18.4 Å². The van der Waals surface area contributed by atoms with Crippen LogP contribution >= 0.6 is 11.8 Å². The number of benzene rings is 2. The molecule has 1 aliphatic rings. The molecule has 4 rings (SSSR count). The van der Waals surface area contributed by atoms with Gasteiger partial charge < -0.3 is 9.64 Å². The lowest BCUT2D eigenvalue weighted by Gasteiger charge is -2.34. The molecule has 0 atom stereocenters. The van der Waals surface area contributed by atoms with Crippen molar-refractivity contribution in [3.05, 3.63) is 59.9 Å². The summed E-state index contributed by atoms with van der Waals surface area (Å²) in [5.41, 5.74) is 1.67. The third-order valence-electron chi connectivity index (χ3n) is 5.29. The molecule has 3 aromatic rings. The summed E-state index contributed by atoms with van der Waals surface area (Å²) >= 11 is 1.60. The molecule has 2 heterocycles. The van der Waals surface area contributed by atoms with Crippen LogP contribution in [0.15, 0.2) is 53.4 Å². The largest absolute Gasteiger partial charge is 0.494 e. The molecule has 1 saturated heterocycles. The Kier molecular flexibility index (Phi) is 6.83. The first-order valence-corrected chi connectivity index (χ1v) is 11.6. The molecule has 31 heavy (non-hydrogen) atoms. The normalized spacial score (nSPS) is 14.6. The molecule has 1 amide bonds. The maximum absolute atomic E-state index is 13.0. The van der Waals surface area contributed by atoms with Crippen molar-refractivity contribution in [1.82, 2.24) is 30.0 Å². The summed E-state index contributed by atoms with van der Waals surface area (Å²) in [6.07, 6.45) is 2.00. The smallest absolute Gasteiger partial charge is 0.255 e. The summed E-state index contributed by atoms with van der Waals surface area (Å²) in [7, 11) is 0. The van der Waals surface area contributed by atoms with Gasteiger partial charge >= 0.3 is 0 Å². The Morgan fingerprint density at radius 2 is 1.81 bits per heavy atom. The second kappa shape index (κ2) is 9.93. The van der Waals surface area contributed by atoms with Crippen LogP contribution in [0.3, 0.4) is 0 Å². The highest BCUT2D eigenvalue weighted by atomic mass is 32.2. The number of hydrogen-bond acceptors (Lipinski definition) is 7. The summed E-state index contributed by atoms with van der Waals surface area (Å²) in [6, 6.07) is 15.5.